The number of hydrogen-bond acceptors (Lipinski definition) is 3. The van der Waals surface area contributed by atoms with Gasteiger partial charge in [0.15, 0.2) is 5.82 Å². The van der Waals surface area contributed by atoms with Crippen molar-refractivity contribution < 1.29 is 4.74 Å². The van der Waals surface area contributed by atoms with Gasteiger partial charge >= 0.3 is 0 Å². The smallest absolute Gasteiger partial charge is 0.160 e. The van der Waals surface area contributed by atoms with Crippen LogP contribution in [0, 0.1) is 12.3 Å². The van der Waals surface area contributed by atoms with Gasteiger partial charge in [0.2, 0.25) is 0 Å². The van der Waals surface area contributed by atoms with Crippen molar-refractivity contribution in [2.24, 2.45) is 5.41 Å². The topological polar surface area (TPSA) is 35.0 Å². The summed E-state index contributed by atoms with van der Waals surface area (Å²) < 4.78 is 5.84. The van der Waals surface area contributed by atoms with Crippen molar-refractivity contribution in [3.05, 3.63) is 23.3 Å². The summed E-state index contributed by atoms with van der Waals surface area (Å²) in [6.07, 6.45) is 4.21. The molecule has 0 saturated heterocycles. The largest absolute Gasteiger partial charge is 0.370 e. The molecule has 1 heterocycles. The van der Waals surface area contributed by atoms with Gasteiger partial charge in [0.25, 0.3) is 0 Å². The normalized spacial score (nSPS) is 21.3. The molecule has 0 radical (unpaired) electrons. The molecule has 1 aromatic heterocycles. The third-order valence-corrected chi connectivity index (χ3v) is 4.53. The Kier molecular flexibility index (Phi) is 4.17. The maximum atomic E-state index is 5.91. The molecule has 0 amide bonds. The van der Waals surface area contributed by atoms with Crippen LogP contribution >= 0.6 is 11.6 Å². The van der Waals surface area contributed by atoms with Crippen LogP contribution in [0.25, 0.3) is 0 Å². The summed E-state index contributed by atoms with van der Waals surface area (Å²) in [6, 6.07) is 1.94. The predicted octanol–water partition coefficient (Wildman–Crippen LogP) is 3.97. The summed E-state index contributed by atoms with van der Waals surface area (Å²) in [6.45, 7) is 6.61. The van der Waals surface area contributed by atoms with Gasteiger partial charge in [-0.2, -0.15) is 0 Å². The highest BCUT2D eigenvalue weighted by atomic mass is 35.5. The van der Waals surface area contributed by atoms with Gasteiger partial charge < -0.3 is 4.74 Å². The van der Waals surface area contributed by atoms with Crippen LogP contribution < -0.4 is 0 Å². The Balaban J connectivity index is 2.34. The zero-order valence-electron chi connectivity index (χ0n) is 12.3. The van der Waals surface area contributed by atoms with Gasteiger partial charge in [-0.1, -0.05) is 13.8 Å². The number of methoxy groups -OCH3 is 1. The molecule has 106 valence electrons. The van der Waals surface area contributed by atoms with Crippen molar-refractivity contribution in [2.45, 2.75) is 57.9 Å². The maximum Gasteiger partial charge on any atom is 0.160 e. The second-order valence-corrected chi connectivity index (χ2v) is 6.59. The number of aromatic nitrogens is 2. The molecule has 1 aliphatic carbocycles. The van der Waals surface area contributed by atoms with E-state index < -0.39 is 0 Å². The van der Waals surface area contributed by atoms with E-state index in [4.69, 9.17) is 16.3 Å². The number of rotatable bonds is 3. The van der Waals surface area contributed by atoms with E-state index in [-0.39, 0.29) is 5.60 Å². The van der Waals surface area contributed by atoms with Gasteiger partial charge in [-0.05, 0) is 44.1 Å². The van der Waals surface area contributed by atoms with E-state index >= 15 is 0 Å². The second-order valence-electron chi connectivity index (χ2n) is 6.32. The fourth-order valence-corrected chi connectivity index (χ4v) is 2.89. The first-order valence-corrected chi connectivity index (χ1v) is 7.40. The van der Waals surface area contributed by atoms with Crippen LogP contribution in [0.5, 0.6) is 0 Å². The molecule has 0 unspecified atom stereocenters. The third-order valence-electron chi connectivity index (χ3n) is 4.25. The number of hydrogen-bond donors (Lipinski definition) is 0. The number of halogens is 1. The second kappa shape index (κ2) is 5.37. The molecule has 1 aromatic rings. The Labute approximate surface area is 120 Å². The lowest BCUT2D eigenvalue weighted by atomic mass is 9.70. The lowest BCUT2D eigenvalue weighted by Crippen LogP contribution is -2.38. The molecule has 1 saturated carbocycles. The van der Waals surface area contributed by atoms with E-state index in [1.54, 1.807) is 7.11 Å². The Hall–Kier alpha value is -0.670. The Morgan fingerprint density at radius 2 is 1.84 bits per heavy atom. The molecule has 3 nitrogen and oxygen atoms in total. The minimum absolute atomic E-state index is 0.331. The summed E-state index contributed by atoms with van der Waals surface area (Å²) in [7, 11) is 1.77. The number of ether oxygens (including phenoxy) is 1. The Morgan fingerprint density at radius 1 is 1.21 bits per heavy atom. The van der Waals surface area contributed by atoms with Crippen LogP contribution in [-0.4, -0.2) is 17.1 Å². The first kappa shape index (κ1) is 14.7. The molecule has 0 aromatic carbocycles. The van der Waals surface area contributed by atoms with E-state index in [0.717, 1.165) is 42.9 Å². The van der Waals surface area contributed by atoms with Gasteiger partial charge in [0, 0.05) is 12.8 Å². The highest BCUT2D eigenvalue weighted by Gasteiger charge is 2.42. The van der Waals surface area contributed by atoms with Crippen molar-refractivity contribution in [2.75, 3.05) is 7.11 Å². The van der Waals surface area contributed by atoms with Crippen molar-refractivity contribution in [1.29, 1.82) is 0 Å². The molecule has 0 N–H and O–H groups in total. The quantitative estimate of drug-likeness (QED) is 0.787. The van der Waals surface area contributed by atoms with Crippen LogP contribution in [-0.2, 0) is 16.2 Å². The third kappa shape index (κ3) is 3.09. The zero-order valence-corrected chi connectivity index (χ0v) is 13.0. The molecule has 0 bridgehead atoms. The monoisotopic (exact) mass is 282 g/mol. The first-order chi connectivity index (χ1) is 8.91. The van der Waals surface area contributed by atoms with Crippen LogP contribution in [0.4, 0.5) is 0 Å². The van der Waals surface area contributed by atoms with Crippen molar-refractivity contribution in [3.8, 4) is 0 Å². The molecule has 1 aliphatic rings. The van der Waals surface area contributed by atoms with E-state index in [9.17, 15) is 0 Å². The van der Waals surface area contributed by atoms with E-state index in [2.05, 4.69) is 23.8 Å². The first-order valence-electron chi connectivity index (χ1n) is 6.87. The minimum Gasteiger partial charge on any atom is -0.370 e. The van der Waals surface area contributed by atoms with Gasteiger partial charge in [-0.15, -0.1) is 11.6 Å². The summed E-state index contributed by atoms with van der Waals surface area (Å²) in [5.74, 6) is 1.22. The molecule has 0 atom stereocenters. The lowest BCUT2D eigenvalue weighted by molar-refractivity contribution is -0.0731. The van der Waals surface area contributed by atoms with E-state index in [1.165, 1.54) is 0 Å². The fraction of sp³-hybridized carbons (Fsp3) is 0.733. The van der Waals surface area contributed by atoms with Crippen LogP contribution in [0.3, 0.4) is 0 Å². The zero-order chi connectivity index (χ0) is 14.1. The Bertz CT molecular complexity index is 449. The number of alkyl halides is 1. The molecule has 0 aliphatic heterocycles. The summed E-state index contributed by atoms with van der Waals surface area (Å²) in [4.78, 5) is 9.20. The highest BCUT2D eigenvalue weighted by molar-refractivity contribution is 6.16. The van der Waals surface area contributed by atoms with Gasteiger partial charge in [-0.3, -0.25) is 0 Å². The van der Waals surface area contributed by atoms with Crippen LogP contribution in [0.1, 0.15) is 56.7 Å². The molecule has 19 heavy (non-hydrogen) atoms. The average molecular weight is 283 g/mol. The van der Waals surface area contributed by atoms with Gasteiger partial charge in [0.1, 0.15) is 5.60 Å². The van der Waals surface area contributed by atoms with E-state index in [1.807, 2.05) is 13.0 Å². The van der Waals surface area contributed by atoms with Crippen molar-refractivity contribution in [3.63, 3.8) is 0 Å². The molecular formula is C15H23ClN2O. The molecule has 1 fully saturated rings. The molecular weight excluding hydrogens is 260 g/mol. The molecule has 4 heteroatoms. The van der Waals surface area contributed by atoms with Gasteiger partial charge in [0.05, 0.1) is 11.6 Å². The summed E-state index contributed by atoms with van der Waals surface area (Å²) >= 11 is 5.91. The van der Waals surface area contributed by atoms with Gasteiger partial charge in [-0.25, -0.2) is 9.97 Å². The summed E-state index contributed by atoms with van der Waals surface area (Å²) in [5.41, 5.74) is 1.90. The predicted molar refractivity (Wildman–Crippen MR) is 77.3 cm³/mol. The van der Waals surface area contributed by atoms with Crippen molar-refractivity contribution in [1.82, 2.24) is 9.97 Å². The van der Waals surface area contributed by atoms with Crippen molar-refractivity contribution >= 4 is 11.6 Å². The maximum absolute atomic E-state index is 5.91. The number of nitrogens with zero attached hydrogens (tertiary/aromatic N) is 2. The summed E-state index contributed by atoms with van der Waals surface area (Å²) in [5, 5.41) is 0. The SMILES string of the molecule is COC1(c2nc(C)cc(CCl)n2)CCC(C)(C)CC1. The highest BCUT2D eigenvalue weighted by Crippen LogP contribution is 2.46. The number of aryl methyl sites for hydroxylation is 1. The molecule has 2 rings (SSSR count). The Morgan fingerprint density at radius 3 is 2.37 bits per heavy atom. The average Bonchev–Trinajstić information content (AvgIpc) is 2.38. The standard InChI is InChI=1S/C15H23ClN2O/c1-11-9-12(10-16)18-13(17-11)15(19-4)7-5-14(2,3)6-8-15/h9H,5-8,10H2,1-4H3. The lowest BCUT2D eigenvalue weighted by Gasteiger charge is -2.41. The molecule has 0 spiro atoms. The minimum atomic E-state index is -0.331. The van der Waals surface area contributed by atoms with E-state index in [0.29, 0.717) is 11.3 Å². The fourth-order valence-electron chi connectivity index (χ4n) is 2.76. The van der Waals surface area contributed by atoms with Crippen LogP contribution in [0.2, 0.25) is 0 Å². The van der Waals surface area contributed by atoms with Crippen LogP contribution in [0.15, 0.2) is 6.07 Å².